The van der Waals surface area contributed by atoms with Crippen molar-refractivity contribution in [2.45, 2.75) is 18.6 Å². The van der Waals surface area contributed by atoms with E-state index in [9.17, 15) is 9.59 Å². The average Bonchev–Trinajstić information content (AvgIpc) is 2.83. The number of hydrogen-bond acceptors (Lipinski definition) is 5. The molecule has 1 fully saturated rings. The third kappa shape index (κ3) is 2.50. The molecule has 2 rings (SSSR count). The van der Waals surface area contributed by atoms with Crippen molar-refractivity contribution in [3.8, 4) is 0 Å². The lowest BCUT2D eigenvalue weighted by Gasteiger charge is -2.21. The van der Waals surface area contributed by atoms with Gasteiger partial charge in [0.05, 0.1) is 11.8 Å². The molecular formula is C12H15N3O4. The van der Waals surface area contributed by atoms with E-state index in [1.54, 1.807) is 12.1 Å². The van der Waals surface area contributed by atoms with Gasteiger partial charge < -0.3 is 20.5 Å². The molecule has 1 saturated heterocycles. The number of methoxy groups -OCH3 is 1. The van der Waals surface area contributed by atoms with Crippen LogP contribution in [-0.4, -0.2) is 52.7 Å². The number of nitrogens with zero attached hydrogens (tertiary/aromatic N) is 2. The molecule has 7 nitrogen and oxygen atoms in total. The Labute approximate surface area is 110 Å². The molecule has 1 aromatic heterocycles. The molecule has 0 aliphatic carbocycles. The highest BCUT2D eigenvalue weighted by molar-refractivity contribution is 5.99. The van der Waals surface area contributed by atoms with Gasteiger partial charge in [0.2, 0.25) is 0 Å². The number of rotatable bonds is 3. The van der Waals surface area contributed by atoms with Gasteiger partial charge in [-0.15, -0.1) is 0 Å². The van der Waals surface area contributed by atoms with Gasteiger partial charge in [0.25, 0.3) is 5.91 Å². The molecule has 0 aromatic carbocycles. The molecule has 2 atom stereocenters. The van der Waals surface area contributed by atoms with Crippen LogP contribution in [0, 0.1) is 0 Å². The van der Waals surface area contributed by atoms with Crippen LogP contribution in [0.3, 0.4) is 0 Å². The second kappa shape index (κ2) is 5.23. The fraction of sp³-hybridized carbons (Fsp3) is 0.417. The summed E-state index contributed by atoms with van der Waals surface area (Å²) in [6, 6.07) is 2.27. The van der Waals surface area contributed by atoms with Gasteiger partial charge in [0.1, 0.15) is 6.04 Å². The van der Waals surface area contributed by atoms with Crippen LogP contribution < -0.4 is 5.73 Å². The standard InChI is InChI=1S/C12H15N3O4/c1-19-7-5-9(12(17)18)15(6-7)11(16)10-8(13)3-2-4-14-10/h2-4,7,9H,5-6,13H2,1H3,(H,17,18). The predicted molar refractivity (Wildman–Crippen MR) is 66.5 cm³/mol. The van der Waals surface area contributed by atoms with Gasteiger partial charge in [-0.3, -0.25) is 4.79 Å². The first-order valence-corrected chi connectivity index (χ1v) is 5.81. The van der Waals surface area contributed by atoms with E-state index in [-0.39, 0.29) is 30.5 Å². The largest absolute Gasteiger partial charge is 0.480 e. The monoisotopic (exact) mass is 265 g/mol. The Kier molecular flexibility index (Phi) is 3.66. The molecule has 2 heterocycles. The Morgan fingerprint density at radius 3 is 2.89 bits per heavy atom. The number of amides is 1. The van der Waals surface area contributed by atoms with Crippen LogP contribution >= 0.6 is 0 Å². The van der Waals surface area contributed by atoms with Crippen molar-refractivity contribution in [1.29, 1.82) is 0 Å². The summed E-state index contributed by atoms with van der Waals surface area (Å²) < 4.78 is 5.13. The maximum atomic E-state index is 12.3. The Morgan fingerprint density at radius 2 is 2.32 bits per heavy atom. The number of nitrogens with two attached hydrogens (primary N) is 1. The van der Waals surface area contributed by atoms with E-state index in [2.05, 4.69) is 4.98 Å². The summed E-state index contributed by atoms with van der Waals surface area (Å²) >= 11 is 0. The van der Waals surface area contributed by atoms with E-state index in [4.69, 9.17) is 15.6 Å². The van der Waals surface area contributed by atoms with E-state index in [0.717, 1.165) is 0 Å². The highest BCUT2D eigenvalue weighted by Crippen LogP contribution is 2.23. The van der Waals surface area contributed by atoms with E-state index in [0.29, 0.717) is 0 Å². The third-order valence-corrected chi connectivity index (χ3v) is 3.18. The lowest BCUT2D eigenvalue weighted by atomic mass is 10.2. The Bertz CT molecular complexity index is 506. The zero-order valence-corrected chi connectivity index (χ0v) is 10.4. The van der Waals surface area contributed by atoms with Crippen LogP contribution in [0.2, 0.25) is 0 Å². The summed E-state index contributed by atoms with van der Waals surface area (Å²) in [6.45, 7) is 0.225. The van der Waals surface area contributed by atoms with Crippen LogP contribution in [0.5, 0.6) is 0 Å². The number of aromatic nitrogens is 1. The second-order valence-corrected chi connectivity index (χ2v) is 4.35. The van der Waals surface area contributed by atoms with Crippen molar-refractivity contribution in [1.82, 2.24) is 9.88 Å². The van der Waals surface area contributed by atoms with Crippen LogP contribution in [0.4, 0.5) is 5.69 Å². The van der Waals surface area contributed by atoms with Gasteiger partial charge in [0, 0.05) is 26.3 Å². The number of carbonyl (C=O) groups excluding carboxylic acids is 1. The number of ether oxygens (including phenoxy) is 1. The molecule has 0 spiro atoms. The smallest absolute Gasteiger partial charge is 0.326 e. The first-order chi connectivity index (χ1) is 9.04. The predicted octanol–water partition coefficient (Wildman–Crippen LogP) is -0.0221. The molecule has 1 aliphatic rings. The second-order valence-electron chi connectivity index (χ2n) is 4.35. The lowest BCUT2D eigenvalue weighted by Crippen LogP contribution is -2.41. The number of nitrogen functional groups attached to an aromatic ring is 1. The van der Waals surface area contributed by atoms with E-state index < -0.39 is 17.9 Å². The fourth-order valence-corrected chi connectivity index (χ4v) is 2.16. The molecule has 1 amide bonds. The lowest BCUT2D eigenvalue weighted by molar-refractivity contribution is -0.141. The Hall–Kier alpha value is -2.15. The van der Waals surface area contributed by atoms with Gasteiger partial charge >= 0.3 is 5.97 Å². The maximum absolute atomic E-state index is 12.3. The number of pyridine rings is 1. The summed E-state index contributed by atoms with van der Waals surface area (Å²) in [5.41, 5.74) is 6.00. The highest BCUT2D eigenvalue weighted by Gasteiger charge is 2.40. The van der Waals surface area contributed by atoms with Crippen molar-refractivity contribution in [2.24, 2.45) is 0 Å². The van der Waals surface area contributed by atoms with E-state index in [1.807, 2.05) is 0 Å². The summed E-state index contributed by atoms with van der Waals surface area (Å²) in [5.74, 6) is -1.53. The van der Waals surface area contributed by atoms with Crippen molar-refractivity contribution < 1.29 is 19.4 Å². The molecule has 2 unspecified atom stereocenters. The zero-order valence-electron chi connectivity index (χ0n) is 10.4. The molecule has 1 aromatic rings. The number of carboxylic acids is 1. The van der Waals surface area contributed by atoms with Gasteiger partial charge in [-0.2, -0.15) is 0 Å². The number of aliphatic carboxylic acids is 1. The summed E-state index contributed by atoms with van der Waals surface area (Å²) in [4.78, 5) is 28.7. The van der Waals surface area contributed by atoms with Crippen LogP contribution in [-0.2, 0) is 9.53 Å². The fourth-order valence-electron chi connectivity index (χ4n) is 2.16. The first-order valence-electron chi connectivity index (χ1n) is 5.81. The topological polar surface area (TPSA) is 106 Å². The molecular weight excluding hydrogens is 250 g/mol. The molecule has 7 heteroatoms. The minimum absolute atomic E-state index is 0.0745. The van der Waals surface area contributed by atoms with Crippen molar-refractivity contribution in [2.75, 3.05) is 19.4 Å². The van der Waals surface area contributed by atoms with Crippen LogP contribution in [0.15, 0.2) is 18.3 Å². The van der Waals surface area contributed by atoms with Gasteiger partial charge in [0.15, 0.2) is 5.69 Å². The first kappa shape index (κ1) is 13.3. The molecule has 1 aliphatic heterocycles. The molecule has 0 saturated carbocycles. The van der Waals surface area contributed by atoms with Gasteiger partial charge in [-0.25, -0.2) is 9.78 Å². The zero-order chi connectivity index (χ0) is 14.0. The highest BCUT2D eigenvalue weighted by atomic mass is 16.5. The SMILES string of the molecule is COC1CC(C(=O)O)N(C(=O)c2ncccc2N)C1. The Morgan fingerprint density at radius 1 is 1.58 bits per heavy atom. The van der Waals surface area contributed by atoms with Crippen molar-refractivity contribution in [3.05, 3.63) is 24.0 Å². The summed E-state index contributed by atoms with van der Waals surface area (Å²) in [6.07, 6.45) is 1.43. The minimum Gasteiger partial charge on any atom is -0.480 e. The molecule has 0 bridgehead atoms. The third-order valence-electron chi connectivity index (χ3n) is 3.18. The number of anilines is 1. The van der Waals surface area contributed by atoms with Crippen molar-refractivity contribution in [3.63, 3.8) is 0 Å². The molecule has 102 valence electrons. The van der Waals surface area contributed by atoms with Gasteiger partial charge in [-0.05, 0) is 12.1 Å². The van der Waals surface area contributed by atoms with Crippen LogP contribution in [0.1, 0.15) is 16.9 Å². The molecule has 0 radical (unpaired) electrons. The average molecular weight is 265 g/mol. The maximum Gasteiger partial charge on any atom is 0.326 e. The number of carbonyl (C=O) groups is 2. The van der Waals surface area contributed by atoms with E-state index >= 15 is 0 Å². The minimum atomic E-state index is -1.05. The van der Waals surface area contributed by atoms with E-state index in [1.165, 1.54) is 18.2 Å². The quantitative estimate of drug-likeness (QED) is 0.795. The van der Waals surface area contributed by atoms with Crippen molar-refractivity contribution >= 4 is 17.6 Å². The molecule has 3 N–H and O–H groups in total. The normalized spacial score (nSPS) is 22.5. The van der Waals surface area contributed by atoms with Crippen LogP contribution in [0.25, 0.3) is 0 Å². The molecule has 19 heavy (non-hydrogen) atoms. The number of likely N-dealkylation sites (tertiary alicyclic amines) is 1. The Balaban J connectivity index is 2.27. The van der Waals surface area contributed by atoms with Gasteiger partial charge in [-0.1, -0.05) is 0 Å². The number of carboxylic acid groups (broad SMARTS) is 1. The summed E-state index contributed by atoms with van der Waals surface area (Å²) in [7, 11) is 1.49. The summed E-state index contributed by atoms with van der Waals surface area (Å²) in [5, 5.41) is 9.16. The number of hydrogen-bond donors (Lipinski definition) is 2.